The van der Waals surface area contributed by atoms with Crippen molar-refractivity contribution in [2.75, 3.05) is 25.5 Å². The number of amides is 1. The highest BCUT2D eigenvalue weighted by atomic mass is 79.9. The minimum Gasteiger partial charge on any atom is -0.493 e. The summed E-state index contributed by atoms with van der Waals surface area (Å²) >= 11 is 9.37. The van der Waals surface area contributed by atoms with Gasteiger partial charge in [0.15, 0.2) is 5.75 Å². The Hall–Kier alpha value is -0.780. The maximum atomic E-state index is 12.2. The summed E-state index contributed by atoms with van der Waals surface area (Å²) in [5.41, 5.74) is 0.595. The number of hydrogen-bond acceptors (Lipinski definition) is 3. The molecule has 1 aromatic rings. The monoisotopic (exact) mass is 346 g/mol. The number of halogens is 2. The van der Waals surface area contributed by atoms with Crippen LogP contribution in [-0.2, 0) is 4.79 Å². The summed E-state index contributed by atoms with van der Waals surface area (Å²) in [6, 6.07) is 3.43. The zero-order valence-electron chi connectivity index (χ0n) is 10.6. The minimum atomic E-state index is -0.00351. The molecule has 0 spiro atoms. The van der Waals surface area contributed by atoms with E-state index >= 15 is 0 Å². The van der Waals surface area contributed by atoms with Crippen LogP contribution in [0.25, 0.3) is 0 Å². The Labute approximate surface area is 126 Å². The fraction of sp³-hybridized carbons (Fsp3) is 0.462. The third-order valence-corrected chi connectivity index (χ3v) is 3.95. The van der Waals surface area contributed by atoms with Crippen LogP contribution in [0.1, 0.15) is 12.8 Å². The molecule has 1 aromatic carbocycles. The quantitative estimate of drug-likeness (QED) is 0.883. The number of benzene rings is 1. The third-order valence-electron chi connectivity index (χ3n) is 3.14. The van der Waals surface area contributed by atoms with Crippen LogP contribution in [0.3, 0.4) is 0 Å². The highest BCUT2D eigenvalue weighted by molar-refractivity contribution is 9.10. The van der Waals surface area contributed by atoms with Crippen molar-refractivity contribution < 1.29 is 9.53 Å². The molecule has 1 heterocycles. The summed E-state index contributed by atoms with van der Waals surface area (Å²) in [6.45, 7) is 1.70. The van der Waals surface area contributed by atoms with Crippen LogP contribution >= 0.6 is 27.5 Å². The molecule has 1 amide bonds. The first kappa shape index (κ1) is 14.6. The van der Waals surface area contributed by atoms with Gasteiger partial charge >= 0.3 is 0 Å². The standard InChI is InChI=1S/C13H16BrClN2O2/c1-19-12-10(14)5-9(15)6-11(12)17-13(18)8-3-2-4-16-7-8/h5-6,8,16H,2-4,7H2,1H3,(H,17,18)/t8-/m0/s1. The van der Waals surface area contributed by atoms with Crippen molar-refractivity contribution in [1.82, 2.24) is 5.32 Å². The molecular weight excluding hydrogens is 332 g/mol. The number of carbonyl (C=O) groups excluding carboxylic acids is 1. The van der Waals surface area contributed by atoms with E-state index in [9.17, 15) is 4.79 Å². The Bertz CT molecular complexity index is 476. The van der Waals surface area contributed by atoms with Crippen molar-refractivity contribution in [3.63, 3.8) is 0 Å². The second kappa shape index (κ2) is 6.59. The van der Waals surface area contributed by atoms with Crippen LogP contribution in [0.2, 0.25) is 5.02 Å². The van der Waals surface area contributed by atoms with E-state index in [0.717, 1.165) is 30.4 Å². The highest BCUT2D eigenvalue weighted by Gasteiger charge is 2.22. The van der Waals surface area contributed by atoms with Gasteiger partial charge < -0.3 is 15.4 Å². The zero-order valence-corrected chi connectivity index (χ0v) is 13.0. The van der Waals surface area contributed by atoms with Gasteiger partial charge in [0, 0.05) is 11.6 Å². The van der Waals surface area contributed by atoms with E-state index < -0.39 is 0 Å². The summed E-state index contributed by atoms with van der Waals surface area (Å²) in [6.07, 6.45) is 1.93. The van der Waals surface area contributed by atoms with Gasteiger partial charge in [-0.15, -0.1) is 0 Å². The first-order valence-electron chi connectivity index (χ1n) is 6.16. The SMILES string of the molecule is COc1c(Br)cc(Cl)cc1NC(=O)[C@H]1CCCNC1. The molecule has 0 unspecified atom stereocenters. The largest absolute Gasteiger partial charge is 0.493 e. The number of rotatable bonds is 3. The molecule has 6 heteroatoms. The molecule has 1 atom stereocenters. The van der Waals surface area contributed by atoms with Crippen LogP contribution in [0.15, 0.2) is 16.6 Å². The lowest BCUT2D eigenvalue weighted by atomic mass is 9.99. The third kappa shape index (κ3) is 3.61. The fourth-order valence-corrected chi connectivity index (χ4v) is 3.14. The van der Waals surface area contributed by atoms with E-state index in [1.165, 1.54) is 0 Å². The molecule has 2 rings (SSSR count). The summed E-state index contributed by atoms with van der Waals surface area (Å²) in [7, 11) is 1.56. The molecule has 1 aliphatic rings. The normalized spacial score (nSPS) is 19.0. The topological polar surface area (TPSA) is 50.4 Å². The number of carbonyl (C=O) groups is 1. The Kier molecular flexibility index (Phi) is 5.07. The van der Waals surface area contributed by atoms with E-state index in [1.807, 2.05) is 0 Å². The van der Waals surface area contributed by atoms with Crippen molar-refractivity contribution >= 4 is 39.1 Å². The van der Waals surface area contributed by atoms with Gasteiger partial charge in [0.1, 0.15) is 0 Å². The lowest BCUT2D eigenvalue weighted by molar-refractivity contribution is -0.120. The molecule has 104 valence electrons. The van der Waals surface area contributed by atoms with E-state index in [0.29, 0.717) is 16.5 Å². The number of hydrogen-bond donors (Lipinski definition) is 2. The second-order valence-electron chi connectivity index (χ2n) is 4.50. The molecule has 1 saturated heterocycles. The lowest BCUT2D eigenvalue weighted by Gasteiger charge is -2.22. The molecule has 0 bridgehead atoms. The van der Waals surface area contributed by atoms with Crippen molar-refractivity contribution in [1.29, 1.82) is 0 Å². The summed E-state index contributed by atoms with van der Waals surface area (Å²) in [4.78, 5) is 12.2. The van der Waals surface area contributed by atoms with Crippen LogP contribution in [0.4, 0.5) is 5.69 Å². The Morgan fingerprint density at radius 3 is 3.00 bits per heavy atom. The van der Waals surface area contributed by atoms with Crippen LogP contribution < -0.4 is 15.4 Å². The number of ether oxygens (including phenoxy) is 1. The van der Waals surface area contributed by atoms with Gasteiger partial charge in [0.25, 0.3) is 0 Å². The number of anilines is 1. The highest BCUT2D eigenvalue weighted by Crippen LogP contribution is 2.36. The van der Waals surface area contributed by atoms with Gasteiger partial charge in [-0.25, -0.2) is 0 Å². The van der Waals surface area contributed by atoms with Crippen LogP contribution in [0, 0.1) is 5.92 Å². The maximum absolute atomic E-state index is 12.2. The van der Waals surface area contributed by atoms with E-state index in [1.54, 1.807) is 19.2 Å². The smallest absolute Gasteiger partial charge is 0.228 e. The van der Waals surface area contributed by atoms with Gasteiger partial charge in [0.05, 0.1) is 23.2 Å². The summed E-state index contributed by atoms with van der Waals surface area (Å²) < 4.78 is 6.01. The fourth-order valence-electron chi connectivity index (χ4n) is 2.17. The number of methoxy groups -OCH3 is 1. The Morgan fingerprint density at radius 2 is 2.37 bits per heavy atom. The molecule has 1 fully saturated rings. The first-order chi connectivity index (χ1) is 9.11. The average Bonchev–Trinajstić information content (AvgIpc) is 2.39. The molecule has 0 aromatic heterocycles. The van der Waals surface area contributed by atoms with Gasteiger partial charge in [-0.05, 0) is 47.4 Å². The Morgan fingerprint density at radius 1 is 1.58 bits per heavy atom. The number of nitrogens with one attached hydrogen (secondary N) is 2. The van der Waals surface area contributed by atoms with Crippen molar-refractivity contribution in [3.05, 3.63) is 21.6 Å². The van der Waals surface area contributed by atoms with Crippen LogP contribution in [-0.4, -0.2) is 26.1 Å². The summed E-state index contributed by atoms with van der Waals surface area (Å²) in [5, 5.41) is 6.67. The number of piperidine rings is 1. The lowest BCUT2D eigenvalue weighted by Crippen LogP contribution is -2.37. The van der Waals surface area contributed by atoms with Crippen molar-refractivity contribution in [2.45, 2.75) is 12.8 Å². The average molecular weight is 348 g/mol. The molecule has 4 nitrogen and oxygen atoms in total. The van der Waals surface area contributed by atoms with Crippen LogP contribution in [0.5, 0.6) is 5.75 Å². The van der Waals surface area contributed by atoms with E-state index in [2.05, 4.69) is 26.6 Å². The van der Waals surface area contributed by atoms with Gasteiger partial charge in [-0.2, -0.15) is 0 Å². The van der Waals surface area contributed by atoms with Gasteiger partial charge in [0.2, 0.25) is 5.91 Å². The predicted octanol–water partition coefficient (Wildman–Crippen LogP) is 3.05. The zero-order chi connectivity index (χ0) is 13.8. The molecule has 19 heavy (non-hydrogen) atoms. The minimum absolute atomic E-state index is 0.000309. The van der Waals surface area contributed by atoms with Gasteiger partial charge in [-0.1, -0.05) is 11.6 Å². The molecule has 0 radical (unpaired) electrons. The molecule has 1 aliphatic heterocycles. The van der Waals surface area contributed by atoms with E-state index in [4.69, 9.17) is 16.3 Å². The van der Waals surface area contributed by atoms with Gasteiger partial charge in [-0.3, -0.25) is 4.79 Å². The molecule has 2 N–H and O–H groups in total. The van der Waals surface area contributed by atoms with Crippen molar-refractivity contribution in [3.8, 4) is 5.75 Å². The van der Waals surface area contributed by atoms with E-state index in [-0.39, 0.29) is 11.8 Å². The molecular formula is C13H16BrClN2O2. The summed E-state index contributed by atoms with van der Waals surface area (Å²) in [5.74, 6) is 0.581. The maximum Gasteiger partial charge on any atom is 0.228 e. The molecule has 0 aliphatic carbocycles. The predicted molar refractivity (Wildman–Crippen MR) is 79.9 cm³/mol. The van der Waals surface area contributed by atoms with Crippen molar-refractivity contribution in [2.24, 2.45) is 5.92 Å². The Balaban J connectivity index is 2.15. The second-order valence-corrected chi connectivity index (χ2v) is 5.79. The first-order valence-corrected chi connectivity index (χ1v) is 7.33. The molecule has 0 saturated carbocycles.